The summed E-state index contributed by atoms with van der Waals surface area (Å²) >= 11 is 1.44. The molecule has 0 unspecified atom stereocenters. The Morgan fingerprint density at radius 1 is 1.07 bits per heavy atom. The van der Waals surface area contributed by atoms with Crippen molar-refractivity contribution in [1.29, 1.82) is 0 Å². The minimum atomic E-state index is -0.388. The van der Waals surface area contributed by atoms with Crippen LogP contribution >= 0.6 is 11.3 Å². The summed E-state index contributed by atoms with van der Waals surface area (Å²) in [7, 11) is 0. The second-order valence-electron chi connectivity index (χ2n) is 8.71. The Labute approximate surface area is 178 Å². The number of rotatable bonds is 3. The Hall–Kier alpha value is -2.51. The number of aryl methyl sites for hydroxylation is 2. The van der Waals surface area contributed by atoms with Crippen molar-refractivity contribution >= 4 is 39.7 Å². The normalized spacial score (nSPS) is 28.9. The molecule has 7 heteroatoms. The number of imide groups is 1. The molecule has 6 rings (SSSR count). The second-order valence-corrected chi connectivity index (χ2v) is 9.80. The molecule has 4 atom stereocenters. The first kappa shape index (κ1) is 18.3. The zero-order valence-corrected chi connectivity index (χ0v) is 17.5. The van der Waals surface area contributed by atoms with Crippen LogP contribution < -0.4 is 10.2 Å². The number of nitrogens with zero attached hydrogens (tertiary/aromatic N) is 1. The van der Waals surface area contributed by atoms with E-state index in [4.69, 9.17) is 4.74 Å². The van der Waals surface area contributed by atoms with E-state index in [1.54, 1.807) is 0 Å². The van der Waals surface area contributed by atoms with Crippen molar-refractivity contribution in [2.24, 2.45) is 11.8 Å². The van der Waals surface area contributed by atoms with Gasteiger partial charge in [0, 0.05) is 10.6 Å². The fraction of sp³-hybridized carbons (Fsp3) is 0.435. The number of amides is 3. The van der Waals surface area contributed by atoms with Crippen molar-refractivity contribution in [2.45, 2.75) is 51.2 Å². The van der Waals surface area contributed by atoms with E-state index < -0.39 is 0 Å². The molecule has 30 heavy (non-hydrogen) atoms. The van der Waals surface area contributed by atoms with Crippen molar-refractivity contribution in [1.82, 2.24) is 0 Å². The summed E-state index contributed by atoms with van der Waals surface area (Å²) in [6, 6.07) is 7.62. The van der Waals surface area contributed by atoms with Gasteiger partial charge in [-0.05, 0) is 56.7 Å². The smallest absolute Gasteiger partial charge is 0.258 e. The Morgan fingerprint density at radius 2 is 1.73 bits per heavy atom. The van der Waals surface area contributed by atoms with E-state index in [0.29, 0.717) is 16.3 Å². The van der Waals surface area contributed by atoms with Crippen LogP contribution in [0.3, 0.4) is 0 Å². The van der Waals surface area contributed by atoms with E-state index >= 15 is 0 Å². The molecule has 3 amide bonds. The van der Waals surface area contributed by atoms with Crippen molar-refractivity contribution in [2.75, 3.05) is 10.2 Å². The van der Waals surface area contributed by atoms with Crippen molar-refractivity contribution in [3.05, 3.63) is 45.8 Å². The molecule has 1 aromatic heterocycles. The number of anilines is 2. The van der Waals surface area contributed by atoms with E-state index in [9.17, 15) is 14.4 Å². The van der Waals surface area contributed by atoms with Crippen LogP contribution in [0.25, 0.3) is 0 Å². The lowest BCUT2D eigenvalue weighted by Crippen LogP contribution is -2.35. The predicted molar refractivity (Wildman–Crippen MR) is 113 cm³/mol. The molecule has 1 aliphatic carbocycles. The van der Waals surface area contributed by atoms with Crippen molar-refractivity contribution < 1.29 is 19.1 Å². The lowest BCUT2D eigenvalue weighted by molar-refractivity contribution is -0.124. The summed E-state index contributed by atoms with van der Waals surface area (Å²) in [5.74, 6) is -1.41. The lowest BCUT2D eigenvalue weighted by Gasteiger charge is -2.18. The highest BCUT2D eigenvalue weighted by molar-refractivity contribution is 7.17. The number of hydrogen-bond acceptors (Lipinski definition) is 5. The van der Waals surface area contributed by atoms with Gasteiger partial charge in [0.1, 0.15) is 5.00 Å². The summed E-state index contributed by atoms with van der Waals surface area (Å²) < 4.78 is 5.85. The number of carbonyl (C=O) groups is 3. The van der Waals surface area contributed by atoms with Gasteiger partial charge >= 0.3 is 0 Å². The van der Waals surface area contributed by atoms with E-state index in [2.05, 4.69) is 5.32 Å². The van der Waals surface area contributed by atoms with Gasteiger partial charge in [0.25, 0.3) is 5.91 Å². The Kier molecular flexibility index (Phi) is 3.95. The Bertz CT molecular complexity index is 1060. The summed E-state index contributed by atoms with van der Waals surface area (Å²) in [5, 5.41) is 3.48. The zero-order valence-electron chi connectivity index (χ0n) is 16.6. The summed E-state index contributed by atoms with van der Waals surface area (Å²) in [6.07, 6.45) is 4.05. The first-order valence-corrected chi connectivity index (χ1v) is 11.4. The molecule has 4 aliphatic rings. The molecule has 154 valence electrons. The van der Waals surface area contributed by atoms with Gasteiger partial charge < -0.3 is 10.1 Å². The van der Waals surface area contributed by atoms with Crippen LogP contribution in [0, 0.1) is 18.8 Å². The van der Waals surface area contributed by atoms with Gasteiger partial charge in [-0.15, -0.1) is 11.3 Å². The SMILES string of the molecule is Cc1ccc(NC(=O)c2c(N3C(=O)[C@@H]4[C@H](C3=O)[C@H]3CC[C@H]4O3)sc3c2CCC3)cc1. The third-order valence-electron chi connectivity index (χ3n) is 6.93. The molecule has 3 saturated heterocycles. The number of carbonyl (C=O) groups excluding carboxylic acids is 3. The molecule has 4 heterocycles. The number of fused-ring (bicyclic) bond motifs is 6. The van der Waals surface area contributed by atoms with Gasteiger partial charge in [-0.1, -0.05) is 17.7 Å². The van der Waals surface area contributed by atoms with Gasteiger partial charge in [0.2, 0.25) is 11.8 Å². The molecule has 3 aliphatic heterocycles. The largest absolute Gasteiger partial charge is 0.373 e. The fourth-order valence-corrected chi connectivity index (χ4v) is 6.92. The average molecular weight is 423 g/mol. The van der Waals surface area contributed by atoms with Crippen molar-refractivity contribution in [3.63, 3.8) is 0 Å². The quantitative estimate of drug-likeness (QED) is 0.769. The average Bonchev–Trinajstić information content (AvgIpc) is 3.50. The Balaban J connectivity index is 1.39. The maximum Gasteiger partial charge on any atom is 0.258 e. The molecule has 0 spiro atoms. The first-order chi connectivity index (χ1) is 14.5. The van der Waals surface area contributed by atoms with Gasteiger partial charge in [-0.3, -0.25) is 14.4 Å². The van der Waals surface area contributed by atoms with Gasteiger partial charge in [0.05, 0.1) is 29.6 Å². The monoisotopic (exact) mass is 422 g/mol. The standard InChI is InChI=1S/C23H22N2O4S/c1-11-5-7-12(8-6-11)24-20(26)17-13-3-2-4-16(13)30-23(17)25-21(27)18-14-9-10-15(29-14)19(18)22(25)28/h5-8,14-15,18-19H,2-4,9-10H2,1H3,(H,24,26)/t14-,15-,18-,19+/m1/s1. The molecular formula is C23H22N2O4S. The number of thiophene rings is 1. The van der Waals surface area contributed by atoms with Crippen LogP contribution in [0.5, 0.6) is 0 Å². The van der Waals surface area contributed by atoms with Crippen LogP contribution in [0.1, 0.15) is 45.6 Å². The highest BCUT2D eigenvalue weighted by Gasteiger charge is 2.63. The minimum Gasteiger partial charge on any atom is -0.373 e. The number of nitrogens with one attached hydrogen (secondary N) is 1. The highest BCUT2D eigenvalue weighted by Crippen LogP contribution is 2.52. The molecule has 0 radical (unpaired) electrons. The number of ether oxygens (including phenoxy) is 1. The lowest BCUT2D eigenvalue weighted by atomic mass is 9.81. The molecule has 6 nitrogen and oxygen atoms in total. The topological polar surface area (TPSA) is 75.7 Å². The van der Waals surface area contributed by atoms with E-state index in [-0.39, 0.29) is 41.8 Å². The maximum absolute atomic E-state index is 13.3. The third-order valence-corrected chi connectivity index (χ3v) is 8.20. The number of benzene rings is 1. The highest BCUT2D eigenvalue weighted by atomic mass is 32.1. The summed E-state index contributed by atoms with van der Waals surface area (Å²) in [4.78, 5) is 42.3. The van der Waals surface area contributed by atoms with Crippen LogP contribution in [0.4, 0.5) is 10.7 Å². The van der Waals surface area contributed by atoms with E-state index in [1.807, 2.05) is 31.2 Å². The maximum atomic E-state index is 13.3. The number of hydrogen-bond donors (Lipinski definition) is 1. The molecule has 0 saturated carbocycles. The zero-order chi connectivity index (χ0) is 20.6. The third kappa shape index (κ3) is 2.48. The fourth-order valence-electron chi connectivity index (χ4n) is 5.52. The van der Waals surface area contributed by atoms with Crippen LogP contribution in [-0.4, -0.2) is 29.9 Å². The minimum absolute atomic E-state index is 0.155. The summed E-state index contributed by atoms with van der Waals surface area (Å²) in [6.45, 7) is 1.99. The van der Waals surface area contributed by atoms with Gasteiger partial charge in [-0.25, -0.2) is 4.90 Å². The molecule has 2 bridgehead atoms. The Morgan fingerprint density at radius 3 is 2.40 bits per heavy atom. The van der Waals surface area contributed by atoms with E-state index in [1.165, 1.54) is 16.2 Å². The van der Waals surface area contributed by atoms with Crippen LogP contribution in [0.15, 0.2) is 24.3 Å². The predicted octanol–water partition coefficient (Wildman–Crippen LogP) is 3.46. The first-order valence-electron chi connectivity index (χ1n) is 10.6. The molecule has 1 aromatic carbocycles. The van der Waals surface area contributed by atoms with Crippen LogP contribution in [0.2, 0.25) is 0 Å². The summed E-state index contributed by atoms with van der Waals surface area (Å²) in [5.41, 5.74) is 3.32. The van der Waals surface area contributed by atoms with E-state index in [0.717, 1.165) is 48.1 Å². The molecule has 1 N–H and O–H groups in total. The van der Waals surface area contributed by atoms with Gasteiger partial charge in [0.15, 0.2) is 0 Å². The van der Waals surface area contributed by atoms with Gasteiger partial charge in [-0.2, -0.15) is 0 Å². The second kappa shape index (κ2) is 6.49. The van der Waals surface area contributed by atoms with Crippen molar-refractivity contribution in [3.8, 4) is 0 Å². The van der Waals surface area contributed by atoms with Crippen LogP contribution in [-0.2, 0) is 27.2 Å². The molecular weight excluding hydrogens is 400 g/mol. The molecule has 3 fully saturated rings. The molecule has 2 aromatic rings.